The van der Waals surface area contributed by atoms with Crippen molar-refractivity contribution >= 4 is 15.7 Å². The Morgan fingerprint density at radius 1 is 1.43 bits per heavy atom. The third-order valence-electron chi connectivity index (χ3n) is 3.62. The van der Waals surface area contributed by atoms with Crippen molar-refractivity contribution in [3.8, 4) is 0 Å². The van der Waals surface area contributed by atoms with Gasteiger partial charge in [0.15, 0.2) is 9.84 Å². The molecule has 0 saturated heterocycles. The molecule has 118 valence electrons. The van der Waals surface area contributed by atoms with Gasteiger partial charge >= 0.3 is 0 Å². The van der Waals surface area contributed by atoms with E-state index in [2.05, 4.69) is 0 Å². The van der Waals surface area contributed by atoms with Crippen molar-refractivity contribution < 1.29 is 13.5 Å². The number of aliphatic hydroxyl groups is 1. The highest BCUT2D eigenvalue weighted by atomic mass is 32.2. The minimum absolute atomic E-state index is 0.0522. The van der Waals surface area contributed by atoms with E-state index in [-0.39, 0.29) is 23.1 Å². The van der Waals surface area contributed by atoms with E-state index in [0.29, 0.717) is 12.1 Å². The van der Waals surface area contributed by atoms with E-state index in [0.717, 1.165) is 0 Å². The van der Waals surface area contributed by atoms with Gasteiger partial charge in [0.2, 0.25) is 0 Å². The number of nitrogen functional groups attached to an aromatic ring is 1. The first kappa shape index (κ1) is 17.6. The number of sulfone groups is 1. The zero-order chi connectivity index (χ0) is 16.3. The lowest BCUT2D eigenvalue weighted by Gasteiger charge is -2.33. The Balaban J connectivity index is 2.88. The summed E-state index contributed by atoms with van der Waals surface area (Å²) in [5.74, 6) is -0.223. The van der Waals surface area contributed by atoms with Gasteiger partial charge in [0.05, 0.1) is 17.3 Å². The third kappa shape index (κ3) is 4.52. The summed E-state index contributed by atoms with van der Waals surface area (Å²) in [6.45, 7) is 3.94. The summed E-state index contributed by atoms with van der Waals surface area (Å²) in [6.07, 6.45) is 0. The highest BCUT2D eigenvalue weighted by Gasteiger charge is 2.24. The smallest absolute Gasteiger partial charge is 0.179 e. The molecule has 0 aliphatic heterocycles. The van der Waals surface area contributed by atoms with Gasteiger partial charge < -0.3 is 10.8 Å². The van der Waals surface area contributed by atoms with Crippen LogP contribution in [-0.2, 0) is 9.84 Å². The second-order valence-electron chi connectivity index (χ2n) is 5.65. The van der Waals surface area contributed by atoms with E-state index >= 15 is 0 Å². The van der Waals surface area contributed by atoms with Gasteiger partial charge in [-0.2, -0.15) is 0 Å². The predicted molar refractivity (Wildman–Crippen MR) is 83.3 cm³/mol. The molecule has 4 N–H and O–H groups in total. The zero-order valence-corrected chi connectivity index (χ0v) is 13.4. The monoisotopic (exact) mass is 313 g/mol. The van der Waals surface area contributed by atoms with E-state index < -0.39 is 15.4 Å². The van der Waals surface area contributed by atoms with Gasteiger partial charge in [-0.3, -0.25) is 10.3 Å². The van der Waals surface area contributed by atoms with E-state index in [1.165, 1.54) is 12.1 Å². The Morgan fingerprint density at radius 2 is 2.05 bits per heavy atom. The Morgan fingerprint density at radius 3 is 2.57 bits per heavy atom. The van der Waals surface area contributed by atoms with E-state index in [1.807, 2.05) is 13.8 Å². The van der Waals surface area contributed by atoms with E-state index in [1.54, 1.807) is 24.1 Å². The van der Waals surface area contributed by atoms with E-state index in [4.69, 9.17) is 11.1 Å². The van der Waals surface area contributed by atoms with Crippen LogP contribution in [0.15, 0.2) is 29.2 Å². The molecule has 0 fully saturated rings. The van der Waals surface area contributed by atoms with Crippen molar-refractivity contribution in [1.29, 1.82) is 5.41 Å². The summed E-state index contributed by atoms with van der Waals surface area (Å²) in [6, 6.07) is 6.08. The van der Waals surface area contributed by atoms with Crippen molar-refractivity contribution in [2.45, 2.75) is 24.3 Å². The van der Waals surface area contributed by atoms with Crippen LogP contribution in [0.1, 0.15) is 19.4 Å². The standard InChI is InChI=1S/C14H23N3O3S/c1-14(2,10-18)17(3)7-8-21(19,20)12-6-4-5-11(9-12)13(15)16/h4-6,9,18H,7-8,10H2,1-3H3,(H3,15,16). The Bertz CT molecular complexity index is 612. The molecule has 7 heteroatoms. The van der Waals surface area contributed by atoms with Crippen LogP contribution in [-0.4, -0.2) is 55.8 Å². The van der Waals surface area contributed by atoms with Gasteiger partial charge in [0.1, 0.15) is 5.84 Å². The summed E-state index contributed by atoms with van der Waals surface area (Å²) in [4.78, 5) is 1.96. The van der Waals surface area contributed by atoms with Crippen LogP contribution in [0.5, 0.6) is 0 Å². The number of hydrogen-bond acceptors (Lipinski definition) is 5. The molecule has 0 aromatic heterocycles. The molecular weight excluding hydrogens is 290 g/mol. The second kappa shape index (κ2) is 6.55. The van der Waals surface area contributed by atoms with Gasteiger partial charge in [0.25, 0.3) is 0 Å². The molecule has 21 heavy (non-hydrogen) atoms. The number of likely N-dealkylation sites (N-methyl/N-ethyl adjacent to an activating group) is 1. The largest absolute Gasteiger partial charge is 0.394 e. The van der Waals surface area contributed by atoms with Crippen molar-refractivity contribution in [1.82, 2.24) is 4.90 Å². The van der Waals surface area contributed by atoms with Crippen LogP contribution >= 0.6 is 0 Å². The molecule has 1 rings (SSSR count). The summed E-state index contributed by atoms with van der Waals surface area (Å²) < 4.78 is 24.7. The highest BCUT2D eigenvalue weighted by Crippen LogP contribution is 2.16. The fourth-order valence-electron chi connectivity index (χ4n) is 1.66. The molecule has 0 spiro atoms. The fraction of sp³-hybridized carbons (Fsp3) is 0.500. The molecule has 0 bridgehead atoms. The predicted octanol–water partition coefficient (Wildman–Crippen LogP) is 0.447. The lowest BCUT2D eigenvalue weighted by atomic mass is 10.1. The molecule has 1 aromatic rings. The van der Waals surface area contributed by atoms with Crippen LogP contribution in [0, 0.1) is 5.41 Å². The lowest BCUT2D eigenvalue weighted by Crippen LogP contribution is -2.46. The summed E-state index contributed by atoms with van der Waals surface area (Å²) in [5.41, 5.74) is 5.29. The Kier molecular flexibility index (Phi) is 5.49. The number of nitrogens with zero attached hydrogens (tertiary/aromatic N) is 1. The van der Waals surface area contributed by atoms with Crippen LogP contribution in [0.3, 0.4) is 0 Å². The Labute approximate surface area is 126 Å². The fourth-order valence-corrected chi connectivity index (χ4v) is 3.00. The quantitative estimate of drug-likeness (QED) is 0.500. The number of amidine groups is 1. The van der Waals surface area contributed by atoms with Crippen LogP contribution in [0.25, 0.3) is 0 Å². The number of aliphatic hydroxyl groups excluding tert-OH is 1. The van der Waals surface area contributed by atoms with Gasteiger partial charge in [-0.15, -0.1) is 0 Å². The van der Waals surface area contributed by atoms with Gasteiger partial charge in [-0.1, -0.05) is 12.1 Å². The highest BCUT2D eigenvalue weighted by molar-refractivity contribution is 7.91. The first-order chi connectivity index (χ1) is 9.60. The maximum absolute atomic E-state index is 12.3. The maximum Gasteiger partial charge on any atom is 0.179 e. The first-order valence-electron chi connectivity index (χ1n) is 6.59. The average Bonchev–Trinajstić information content (AvgIpc) is 2.44. The van der Waals surface area contributed by atoms with Crippen LogP contribution < -0.4 is 5.73 Å². The molecule has 6 nitrogen and oxygen atoms in total. The minimum atomic E-state index is -3.46. The minimum Gasteiger partial charge on any atom is -0.394 e. The zero-order valence-electron chi connectivity index (χ0n) is 12.6. The van der Waals surface area contributed by atoms with Crippen molar-refractivity contribution in [3.05, 3.63) is 29.8 Å². The van der Waals surface area contributed by atoms with Gasteiger partial charge in [-0.25, -0.2) is 8.42 Å². The van der Waals surface area contributed by atoms with Gasteiger partial charge in [0, 0.05) is 17.6 Å². The van der Waals surface area contributed by atoms with Crippen LogP contribution in [0.4, 0.5) is 0 Å². The summed E-state index contributed by atoms with van der Waals surface area (Å²) in [7, 11) is -1.68. The Hall–Kier alpha value is -1.44. The second-order valence-corrected chi connectivity index (χ2v) is 7.76. The topological polar surface area (TPSA) is 107 Å². The first-order valence-corrected chi connectivity index (χ1v) is 8.25. The molecule has 0 saturated carbocycles. The number of rotatable bonds is 7. The van der Waals surface area contributed by atoms with Crippen molar-refractivity contribution in [2.75, 3.05) is 26.0 Å². The van der Waals surface area contributed by atoms with Crippen molar-refractivity contribution in [3.63, 3.8) is 0 Å². The number of nitrogens with two attached hydrogens (primary N) is 1. The molecule has 0 aliphatic carbocycles. The van der Waals surface area contributed by atoms with E-state index in [9.17, 15) is 13.5 Å². The molecule has 0 amide bonds. The molecule has 0 heterocycles. The van der Waals surface area contributed by atoms with Gasteiger partial charge in [-0.05, 0) is 33.0 Å². The SMILES string of the molecule is CN(CCS(=O)(=O)c1cccc(C(=N)N)c1)C(C)(C)CO. The number of nitrogens with one attached hydrogen (secondary N) is 1. The summed E-state index contributed by atoms with van der Waals surface area (Å²) in [5, 5.41) is 16.6. The number of hydrogen-bond donors (Lipinski definition) is 3. The molecule has 0 aliphatic rings. The molecule has 0 atom stereocenters. The third-order valence-corrected chi connectivity index (χ3v) is 5.31. The van der Waals surface area contributed by atoms with Crippen LogP contribution in [0.2, 0.25) is 0 Å². The lowest BCUT2D eigenvalue weighted by molar-refractivity contribution is 0.0841. The summed E-state index contributed by atoms with van der Waals surface area (Å²) >= 11 is 0. The molecule has 0 radical (unpaired) electrons. The average molecular weight is 313 g/mol. The molecule has 0 unspecified atom stereocenters. The maximum atomic E-state index is 12.3. The van der Waals surface area contributed by atoms with Crippen molar-refractivity contribution in [2.24, 2.45) is 5.73 Å². The molecule has 1 aromatic carbocycles. The molecular formula is C14H23N3O3S. The normalized spacial score (nSPS) is 12.6. The number of benzene rings is 1.